The summed E-state index contributed by atoms with van der Waals surface area (Å²) in [6, 6.07) is 2.52. The fourth-order valence-corrected chi connectivity index (χ4v) is 0.989. The Bertz CT molecular complexity index is 429. The molecule has 0 aliphatic rings. The molecule has 1 heterocycles. The van der Waals surface area contributed by atoms with Gasteiger partial charge in [-0.15, -0.1) is 0 Å². The Balaban J connectivity index is 2.66. The van der Waals surface area contributed by atoms with Gasteiger partial charge in [0.1, 0.15) is 5.69 Å². The highest BCUT2D eigenvalue weighted by atomic mass is 16.3. The molecule has 1 aromatic heterocycles. The van der Waals surface area contributed by atoms with E-state index in [-0.39, 0.29) is 17.8 Å². The van der Waals surface area contributed by atoms with Gasteiger partial charge in [-0.1, -0.05) is 0 Å². The van der Waals surface area contributed by atoms with Crippen molar-refractivity contribution in [1.29, 1.82) is 0 Å². The van der Waals surface area contributed by atoms with Crippen molar-refractivity contribution in [3.8, 4) is 0 Å². The molecule has 1 rings (SSSR count). The lowest BCUT2D eigenvalue weighted by Crippen LogP contribution is -2.35. The number of nitrogens with one attached hydrogen (secondary N) is 1. The van der Waals surface area contributed by atoms with E-state index in [4.69, 9.17) is 10.2 Å². The molecule has 0 radical (unpaired) electrons. The summed E-state index contributed by atoms with van der Waals surface area (Å²) in [5.74, 6) is -0.511. The first-order valence-electron chi connectivity index (χ1n) is 4.66. The molecular weight excluding hydrogens is 214 g/mol. The van der Waals surface area contributed by atoms with Crippen LogP contribution < -0.4 is 10.9 Å². The Morgan fingerprint density at radius 3 is 2.88 bits per heavy atom. The number of aryl methyl sites for hydroxylation is 1. The van der Waals surface area contributed by atoms with Crippen molar-refractivity contribution >= 4 is 5.91 Å². The molecule has 7 nitrogen and oxygen atoms in total. The highest BCUT2D eigenvalue weighted by Gasteiger charge is 2.10. The zero-order valence-electron chi connectivity index (χ0n) is 8.75. The molecule has 3 N–H and O–H groups in total. The Hall–Kier alpha value is -1.73. The van der Waals surface area contributed by atoms with Crippen LogP contribution in [0, 0.1) is 0 Å². The molecule has 1 unspecified atom stereocenters. The van der Waals surface area contributed by atoms with Gasteiger partial charge in [0.15, 0.2) is 0 Å². The van der Waals surface area contributed by atoms with Gasteiger partial charge in [0.25, 0.3) is 11.5 Å². The molecule has 1 atom stereocenters. The topological polar surface area (TPSA) is 104 Å². The zero-order chi connectivity index (χ0) is 12.1. The van der Waals surface area contributed by atoms with Crippen molar-refractivity contribution in [2.75, 3.05) is 13.2 Å². The van der Waals surface area contributed by atoms with Gasteiger partial charge >= 0.3 is 0 Å². The Morgan fingerprint density at radius 2 is 2.31 bits per heavy atom. The largest absolute Gasteiger partial charge is 0.394 e. The average molecular weight is 227 g/mol. The van der Waals surface area contributed by atoms with Crippen molar-refractivity contribution in [1.82, 2.24) is 15.1 Å². The van der Waals surface area contributed by atoms with Gasteiger partial charge in [-0.05, 0) is 6.07 Å². The quantitative estimate of drug-likeness (QED) is 0.544. The lowest BCUT2D eigenvalue weighted by Gasteiger charge is -2.08. The second-order valence-electron chi connectivity index (χ2n) is 3.23. The van der Waals surface area contributed by atoms with E-state index in [2.05, 4.69) is 10.4 Å². The summed E-state index contributed by atoms with van der Waals surface area (Å²) >= 11 is 0. The number of carbonyl (C=O) groups is 1. The highest BCUT2D eigenvalue weighted by molar-refractivity contribution is 5.91. The van der Waals surface area contributed by atoms with Crippen LogP contribution in [0.25, 0.3) is 0 Å². The molecule has 0 spiro atoms. The first kappa shape index (κ1) is 12.3. The van der Waals surface area contributed by atoms with E-state index in [0.29, 0.717) is 0 Å². The Kier molecular flexibility index (Phi) is 4.15. The molecule has 0 aliphatic carbocycles. The second-order valence-corrected chi connectivity index (χ2v) is 3.23. The van der Waals surface area contributed by atoms with Crippen LogP contribution in [0.15, 0.2) is 16.9 Å². The average Bonchev–Trinajstić information content (AvgIpc) is 2.29. The number of aliphatic hydroxyl groups excluding tert-OH is 2. The summed E-state index contributed by atoms with van der Waals surface area (Å²) in [6.45, 7) is -0.499. The Labute approximate surface area is 91.3 Å². The van der Waals surface area contributed by atoms with Crippen LogP contribution in [0.4, 0.5) is 0 Å². The number of rotatable bonds is 4. The first-order chi connectivity index (χ1) is 7.54. The normalized spacial score (nSPS) is 12.2. The first-order valence-corrected chi connectivity index (χ1v) is 4.66. The third-order valence-electron chi connectivity index (χ3n) is 1.90. The van der Waals surface area contributed by atoms with E-state index in [1.807, 2.05) is 0 Å². The standard InChI is InChI=1S/C9H13N3O4/c1-12-8(15)3-2-7(11-12)9(16)10-4-6(14)5-13/h2-3,6,13-14H,4-5H2,1H3,(H,10,16). The van der Waals surface area contributed by atoms with Gasteiger partial charge in [0.2, 0.25) is 0 Å². The number of nitrogens with zero attached hydrogens (tertiary/aromatic N) is 2. The van der Waals surface area contributed by atoms with Gasteiger partial charge in [0.05, 0.1) is 12.7 Å². The number of hydrogen-bond acceptors (Lipinski definition) is 5. The predicted octanol–water partition coefficient (Wildman–Crippen LogP) is -2.14. The van der Waals surface area contributed by atoms with Crippen LogP contribution in [0.3, 0.4) is 0 Å². The minimum atomic E-state index is -1.00. The fraction of sp³-hybridized carbons (Fsp3) is 0.444. The van der Waals surface area contributed by atoms with Crippen molar-refractivity contribution in [3.05, 3.63) is 28.2 Å². The van der Waals surface area contributed by atoms with Crippen LogP contribution in [0.2, 0.25) is 0 Å². The van der Waals surface area contributed by atoms with E-state index in [0.717, 1.165) is 4.68 Å². The minimum absolute atomic E-state index is 0.0696. The molecule has 88 valence electrons. The molecule has 1 aromatic rings. The molecular formula is C9H13N3O4. The minimum Gasteiger partial charge on any atom is -0.394 e. The van der Waals surface area contributed by atoms with Crippen molar-refractivity contribution < 1.29 is 15.0 Å². The molecule has 16 heavy (non-hydrogen) atoms. The van der Waals surface area contributed by atoms with Crippen molar-refractivity contribution in [3.63, 3.8) is 0 Å². The molecule has 0 saturated heterocycles. The SMILES string of the molecule is Cn1nc(C(=O)NCC(O)CO)ccc1=O. The lowest BCUT2D eigenvalue weighted by atomic mass is 10.3. The smallest absolute Gasteiger partial charge is 0.271 e. The van der Waals surface area contributed by atoms with Crippen molar-refractivity contribution in [2.45, 2.75) is 6.10 Å². The van der Waals surface area contributed by atoms with Gasteiger partial charge < -0.3 is 15.5 Å². The molecule has 1 amide bonds. The Morgan fingerprint density at radius 1 is 1.62 bits per heavy atom. The molecule has 0 fully saturated rings. The van der Waals surface area contributed by atoms with E-state index in [1.165, 1.54) is 19.2 Å². The fourth-order valence-electron chi connectivity index (χ4n) is 0.989. The number of hydrogen-bond donors (Lipinski definition) is 3. The van der Waals surface area contributed by atoms with E-state index in [1.54, 1.807) is 0 Å². The van der Waals surface area contributed by atoms with E-state index in [9.17, 15) is 9.59 Å². The molecule has 0 bridgehead atoms. The van der Waals surface area contributed by atoms with Gasteiger partial charge in [-0.3, -0.25) is 9.59 Å². The van der Waals surface area contributed by atoms with Crippen LogP contribution in [0.5, 0.6) is 0 Å². The number of carbonyl (C=O) groups excluding carboxylic acids is 1. The monoisotopic (exact) mass is 227 g/mol. The molecule has 0 aromatic carbocycles. The van der Waals surface area contributed by atoms with E-state index < -0.39 is 18.6 Å². The zero-order valence-corrected chi connectivity index (χ0v) is 8.75. The maximum absolute atomic E-state index is 11.4. The second kappa shape index (κ2) is 5.38. The number of aromatic nitrogens is 2. The molecule has 0 saturated carbocycles. The predicted molar refractivity (Wildman–Crippen MR) is 54.9 cm³/mol. The van der Waals surface area contributed by atoms with Gasteiger partial charge in [-0.25, -0.2) is 4.68 Å². The third kappa shape index (κ3) is 3.14. The van der Waals surface area contributed by atoms with Gasteiger partial charge in [-0.2, -0.15) is 5.10 Å². The van der Waals surface area contributed by atoms with Gasteiger partial charge in [0, 0.05) is 19.7 Å². The van der Waals surface area contributed by atoms with Crippen LogP contribution in [-0.2, 0) is 7.05 Å². The summed E-state index contributed by atoms with van der Waals surface area (Å²) in [7, 11) is 1.43. The van der Waals surface area contributed by atoms with E-state index >= 15 is 0 Å². The summed E-state index contributed by atoms with van der Waals surface area (Å²) < 4.78 is 1.04. The molecule has 7 heteroatoms. The number of aliphatic hydroxyl groups is 2. The summed E-state index contributed by atoms with van der Waals surface area (Å²) in [4.78, 5) is 22.4. The maximum atomic E-state index is 11.4. The van der Waals surface area contributed by atoms with Crippen LogP contribution in [-0.4, -0.2) is 45.2 Å². The van der Waals surface area contributed by atoms with Crippen LogP contribution >= 0.6 is 0 Å². The lowest BCUT2D eigenvalue weighted by molar-refractivity contribution is 0.0797. The summed E-state index contributed by atoms with van der Waals surface area (Å²) in [5.41, 5.74) is -0.237. The number of amides is 1. The third-order valence-corrected chi connectivity index (χ3v) is 1.90. The molecule has 0 aliphatic heterocycles. The highest BCUT2D eigenvalue weighted by Crippen LogP contribution is 1.90. The van der Waals surface area contributed by atoms with Crippen molar-refractivity contribution in [2.24, 2.45) is 7.05 Å². The summed E-state index contributed by atoms with van der Waals surface area (Å²) in [5, 5.41) is 23.6. The van der Waals surface area contributed by atoms with Crippen LogP contribution in [0.1, 0.15) is 10.5 Å². The maximum Gasteiger partial charge on any atom is 0.271 e. The summed E-state index contributed by atoms with van der Waals surface area (Å²) in [6.07, 6.45) is -1.00.